The maximum Gasteiger partial charge on any atom is 0.306 e. The number of aliphatic carboxylic acids is 1. The molecule has 0 aromatic heterocycles. The number of hydrogen-bond acceptors (Lipinski definition) is 3. The number of aliphatic hydroxyl groups is 1. The summed E-state index contributed by atoms with van der Waals surface area (Å²) in [5.74, 6) is -0.380. The van der Waals surface area contributed by atoms with E-state index in [4.69, 9.17) is 5.11 Å². The summed E-state index contributed by atoms with van der Waals surface area (Å²) in [6.07, 6.45) is 5.66. The SMILES string of the molecule is O=C1CC(O)C=C1CCCCC1CC1C(=O)O. The Morgan fingerprint density at radius 1 is 1.41 bits per heavy atom. The molecule has 0 spiro atoms. The predicted molar refractivity (Wildman–Crippen MR) is 61.4 cm³/mol. The lowest BCUT2D eigenvalue weighted by atomic mass is 10.0. The molecule has 0 heterocycles. The number of carbonyl (C=O) groups is 2. The van der Waals surface area contributed by atoms with Crippen LogP contribution in [0.4, 0.5) is 0 Å². The van der Waals surface area contributed by atoms with E-state index in [2.05, 4.69) is 0 Å². The van der Waals surface area contributed by atoms with Gasteiger partial charge in [0.05, 0.1) is 12.0 Å². The average Bonchev–Trinajstić information content (AvgIpc) is 2.95. The number of rotatable bonds is 6. The molecule has 1 fully saturated rings. The molecule has 0 radical (unpaired) electrons. The van der Waals surface area contributed by atoms with E-state index in [0.717, 1.165) is 37.7 Å². The lowest BCUT2D eigenvalue weighted by Crippen LogP contribution is -2.01. The maximum atomic E-state index is 11.4. The molecule has 2 aliphatic rings. The van der Waals surface area contributed by atoms with Gasteiger partial charge in [-0.05, 0) is 43.3 Å². The number of carboxylic acids is 1. The van der Waals surface area contributed by atoms with E-state index in [1.54, 1.807) is 6.08 Å². The minimum Gasteiger partial charge on any atom is -0.481 e. The Balaban J connectivity index is 1.60. The first kappa shape index (κ1) is 12.3. The fourth-order valence-corrected chi connectivity index (χ4v) is 2.52. The number of hydrogen-bond donors (Lipinski definition) is 2. The second-order valence-electron chi connectivity index (χ2n) is 5.07. The normalized spacial score (nSPS) is 31.5. The van der Waals surface area contributed by atoms with Gasteiger partial charge >= 0.3 is 5.97 Å². The van der Waals surface area contributed by atoms with Crippen LogP contribution in [-0.4, -0.2) is 28.1 Å². The van der Waals surface area contributed by atoms with Gasteiger partial charge < -0.3 is 10.2 Å². The summed E-state index contributed by atoms with van der Waals surface area (Å²) in [6.45, 7) is 0. The summed E-state index contributed by atoms with van der Waals surface area (Å²) in [4.78, 5) is 22.0. The molecule has 2 N–H and O–H groups in total. The van der Waals surface area contributed by atoms with Gasteiger partial charge in [0.1, 0.15) is 0 Å². The summed E-state index contributed by atoms with van der Waals surface area (Å²) in [6, 6.07) is 0. The number of unbranched alkanes of at least 4 members (excludes halogenated alkanes) is 1. The molecule has 0 saturated heterocycles. The number of allylic oxidation sites excluding steroid dienone is 1. The molecule has 2 aliphatic carbocycles. The molecular formula is C13H18O4. The van der Waals surface area contributed by atoms with E-state index in [0.29, 0.717) is 5.92 Å². The largest absolute Gasteiger partial charge is 0.481 e. The van der Waals surface area contributed by atoms with Gasteiger partial charge in [-0.1, -0.05) is 6.42 Å². The van der Waals surface area contributed by atoms with Gasteiger partial charge in [0.25, 0.3) is 0 Å². The summed E-state index contributed by atoms with van der Waals surface area (Å²) in [5, 5.41) is 18.0. The average molecular weight is 238 g/mol. The molecule has 0 amide bonds. The zero-order valence-electron chi connectivity index (χ0n) is 9.76. The lowest BCUT2D eigenvalue weighted by molar-refractivity contribution is -0.138. The van der Waals surface area contributed by atoms with Crippen molar-refractivity contribution in [1.29, 1.82) is 0 Å². The summed E-state index contributed by atoms with van der Waals surface area (Å²) < 4.78 is 0. The highest BCUT2D eigenvalue weighted by Crippen LogP contribution is 2.42. The second kappa shape index (κ2) is 5.00. The first-order chi connectivity index (χ1) is 8.08. The van der Waals surface area contributed by atoms with Crippen molar-refractivity contribution >= 4 is 11.8 Å². The van der Waals surface area contributed by atoms with Gasteiger partial charge in [0.15, 0.2) is 5.78 Å². The van der Waals surface area contributed by atoms with Crippen LogP contribution in [0.1, 0.15) is 38.5 Å². The number of carbonyl (C=O) groups excluding carboxylic acids is 1. The summed E-state index contributed by atoms with van der Waals surface area (Å²) in [7, 11) is 0. The first-order valence-electron chi connectivity index (χ1n) is 6.22. The van der Waals surface area contributed by atoms with E-state index in [1.807, 2.05) is 0 Å². The van der Waals surface area contributed by atoms with Crippen molar-refractivity contribution in [2.24, 2.45) is 11.8 Å². The molecule has 3 unspecified atom stereocenters. The quantitative estimate of drug-likeness (QED) is 0.688. The fraction of sp³-hybridized carbons (Fsp3) is 0.692. The minimum atomic E-state index is -0.674. The van der Waals surface area contributed by atoms with E-state index >= 15 is 0 Å². The fourth-order valence-electron chi connectivity index (χ4n) is 2.52. The van der Waals surface area contributed by atoms with Gasteiger partial charge in [-0.3, -0.25) is 9.59 Å². The van der Waals surface area contributed by atoms with Crippen LogP contribution in [0.5, 0.6) is 0 Å². The molecule has 94 valence electrons. The summed E-state index contributed by atoms with van der Waals surface area (Å²) in [5.41, 5.74) is 0.753. The maximum absolute atomic E-state index is 11.4. The van der Waals surface area contributed by atoms with Crippen molar-refractivity contribution in [3.05, 3.63) is 11.6 Å². The number of aliphatic hydroxyl groups excluding tert-OH is 1. The predicted octanol–water partition coefficient (Wildman–Crippen LogP) is 1.53. The molecule has 0 aromatic rings. The molecule has 4 nitrogen and oxygen atoms in total. The minimum absolute atomic E-state index is 0.0623. The topological polar surface area (TPSA) is 74.6 Å². The van der Waals surface area contributed by atoms with Crippen molar-refractivity contribution in [2.75, 3.05) is 0 Å². The lowest BCUT2D eigenvalue weighted by Gasteiger charge is -2.00. The Morgan fingerprint density at radius 2 is 2.18 bits per heavy atom. The highest BCUT2D eigenvalue weighted by molar-refractivity contribution is 5.98. The van der Waals surface area contributed by atoms with Crippen LogP contribution in [0.3, 0.4) is 0 Å². The third-order valence-electron chi connectivity index (χ3n) is 3.66. The van der Waals surface area contributed by atoms with Crippen molar-refractivity contribution in [3.8, 4) is 0 Å². The highest BCUT2D eigenvalue weighted by atomic mass is 16.4. The zero-order chi connectivity index (χ0) is 12.4. The van der Waals surface area contributed by atoms with E-state index in [9.17, 15) is 14.7 Å². The third kappa shape index (κ3) is 3.16. The van der Waals surface area contributed by atoms with E-state index < -0.39 is 12.1 Å². The number of carboxylic acid groups (broad SMARTS) is 1. The molecular weight excluding hydrogens is 220 g/mol. The third-order valence-corrected chi connectivity index (χ3v) is 3.66. The molecule has 3 atom stereocenters. The Morgan fingerprint density at radius 3 is 2.71 bits per heavy atom. The molecule has 4 heteroatoms. The second-order valence-corrected chi connectivity index (χ2v) is 5.07. The Kier molecular flexibility index (Phi) is 3.62. The van der Waals surface area contributed by atoms with Crippen LogP contribution in [-0.2, 0) is 9.59 Å². The van der Waals surface area contributed by atoms with Crippen LogP contribution >= 0.6 is 0 Å². The van der Waals surface area contributed by atoms with Crippen LogP contribution in [0, 0.1) is 11.8 Å². The Labute approximate surface area is 100 Å². The van der Waals surface area contributed by atoms with Crippen LogP contribution in [0.25, 0.3) is 0 Å². The molecule has 17 heavy (non-hydrogen) atoms. The van der Waals surface area contributed by atoms with Gasteiger partial charge in [0.2, 0.25) is 0 Å². The van der Waals surface area contributed by atoms with Crippen LogP contribution in [0.2, 0.25) is 0 Å². The highest BCUT2D eigenvalue weighted by Gasteiger charge is 2.42. The molecule has 0 bridgehead atoms. The van der Waals surface area contributed by atoms with Crippen LogP contribution < -0.4 is 0 Å². The van der Waals surface area contributed by atoms with Crippen molar-refractivity contribution in [2.45, 2.75) is 44.6 Å². The van der Waals surface area contributed by atoms with E-state index in [1.165, 1.54) is 0 Å². The van der Waals surface area contributed by atoms with Crippen molar-refractivity contribution < 1.29 is 19.8 Å². The summed E-state index contributed by atoms with van der Waals surface area (Å²) >= 11 is 0. The Hall–Kier alpha value is -1.16. The van der Waals surface area contributed by atoms with Crippen molar-refractivity contribution in [3.63, 3.8) is 0 Å². The van der Waals surface area contributed by atoms with Crippen LogP contribution in [0.15, 0.2) is 11.6 Å². The molecule has 2 rings (SSSR count). The Bertz CT molecular complexity index is 358. The van der Waals surface area contributed by atoms with Gasteiger partial charge in [-0.15, -0.1) is 0 Å². The van der Waals surface area contributed by atoms with Crippen molar-refractivity contribution in [1.82, 2.24) is 0 Å². The zero-order valence-corrected chi connectivity index (χ0v) is 9.76. The first-order valence-corrected chi connectivity index (χ1v) is 6.22. The van der Waals surface area contributed by atoms with Gasteiger partial charge in [-0.25, -0.2) is 0 Å². The number of ketones is 1. The standard InChI is InChI=1S/C13H18O4/c14-10-5-9(12(15)7-10)4-2-1-3-8-6-11(8)13(16)17/h5,8,10-11,14H,1-4,6-7H2,(H,16,17). The molecule has 1 saturated carbocycles. The number of Topliss-reactive ketones (excluding diaryl/α,β-unsaturated/α-hetero) is 1. The van der Waals surface area contributed by atoms with E-state index in [-0.39, 0.29) is 18.1 Å². The monoisotopic (exact) mass is 238 g/mol. The smallest absolute Gasteiger partial charge is 0.306 e. The molecule has 0 aromatic carbocycles. The van der Waals surface area contributed by atoms with Gasteiger partial charge in [0, 0.05) is 6.42 Å². The molecule has 0 aliphatic heterocycles. The van der Waals surface area contributed by atoms with Gasteiger partial charge in [-0.2, -0.15) is 0 Å².